The Morgan fingerprint density at radius 1 is 0.750 bits per heavy atom. The summed E-state index contributed by atoms with van der Waals surface area (Å²) >= 11 is 0. The number of aromatic nitrogens is 1. The zero-order valence-corrected chi connectivity index (χ0v) is 26.6. The second kappa shape index (κ2) is 13.7. The Hall–Kier alpha value is -5.52. The molecule has 5 N–H and O–H groups in total. The number of carbonyl (C=O) groups is 3. The number of amides is 2. The zero-order chi connectivity index (χ0) is 34.6. The third kappa shape index (κ3) is 7.38. The van der Waals surface area contributed by atoms with E-state index in [-0.39, 0.29) is 41.5 Å². The molecule has 0 saturated carbocycles. The molecular weight excluding hydrogens is 667 g/mol. The van der Waals surface area contributed by atoms with Gasteiger partial charge in [0.05, 0.1) is 11.4 Å². The number of aromatic hydroxyl groups is 2. The van der Waals surface area contributed by atoms with Gasteiger partial charge in [0.2, 0.25) is 5.78 Å². The van der Waals surface area contributed by atoms with Crippen LogP contribution < -0.4 is 18.1 Å². The van der Waals surface area contributed by atoms with Crippen LogP contribution in [0.25, 0.3) is 0 Å². The summed E-state index contributed by atoms with van der Waals surface area (Å²) in [5.41, 5.74) is 3.17. The van der Waals surface area contributed by atoms with E-state index in [0.717, 1.165) is 31.4 Å². The minimum atomic E-state index is -4.02. The summed E-state index contributed by atoms with van der Waals surface area (Å²) in [5.74, 6) is -2.38. The molecule has 0 spiro atoms. The molecule has 0 unspecified atom stereocenters. The van der Waals surface area contributed by atoms with Crippen LogP contribution in [-0.4, -0.2) is 74.4 Å². The molecule has 6 rings (SSSR count). The van der Waals surface area contributed by atoms with E-state index in [9.17, 15) is 41.4 Å². The summed E-state index contributed by atoms with van der Waals surface area (Å²) < 4.78 is 52.5. The molecular formula is C31H29N5O10S2. The summed E-state index contributed by atoms with van der Waals surface area (Å²) in [6.45, 7) is -0.729. The standard InChI is InChI=1S/C17H18N2O5S.C14H11N3O5S/c20-8-7-13-3-1-2-4-14(13)9-12-5-6-15(16(21)10-12)19-11-17(22)18-25(19,23)24;18-12-7-9(14(20)10-3-1-2-6-15-10)4-5-11(12)17-8-13(19)16-23(17,21)22/h1-6,10,20-21H,7-9,11H2,(H,18,22);1-7,18H,8H2,(H,16,19). The molecule has 2 aliphatic rings. The van der Waals surface area contributed by atoms with Crippen molar-refractivity contribution in [1.29, 1.82) is 0 Å². The number of carbonyl (C=O) groups excluding carboxylic acids is 3. The van der Waals surface area contributed by atoms with Crippen molar-refractivity contribution in [2.45, 2.75) is 12.8 Å². The maximum atomic E-state index is 12.2. The number of benzene rings is 3. The van der Waals surface area contributed by atoms with Crippen LogP contribution in [0.5, 0.6) is 11.5 Å². The van der Waals surface area contributed by atoms with Crippen molar-refractivity contribution in [1.82, 2.24) is 14.4 Å². The van der Waals surface area contributed by atoms with Crippen LogP contribution in [-0.2, 0) is 42.8 Å². The van der Waals surface area contributed by atoms with E-state index in [1.54, 1.807) is 22.9 Å². The second-order valence-electron chi connectivity index (χ2n) is 10.6. The van der Waals surface area contributed by atoms with Gasteiger partial charge in [0, 0.05) is 18.4 Å². The topological polar surface area (TPSA) is 224 Å². The largest absolute Gasteiger partial charge is 0.506 e. The predicted molar refractivity (Wildman–Crippen MR) is 173 cm³/mol. The van der Waals surface area contributed by atoms with E-state index in [1.165, 1.54) is 36.5 Å². The highest BCUT2D eigenvalue weighted by Crippen LogP contribution is 2.33. The van der Waals surface area contributed by atoms with Crippen molar-refractivity contribution >= 4 is 49.4 Å². The SMILES string of the molecule is O=C1CN(c2ccc(C(=O)c3ccccn3)cc2O)S(=O)(=O)N1.O=C1CN(c2ccc(Cc3ccccc3CCO)cc2O)S(=O)(=O)N1. The molecule has 48 heavy (non-hydrogen) atoms. The first-order valence-electron chi connectivity index (χ1n) is 14.2. The lowest BCUT2D eigenvalue weighted by Crippen LogP contribution is -2.29. The van der Waals surface area contributed by atoms with Crippen molar-refractivity contribution in [3.63, 3.8) is 0 Å². The lowest BCUT2D eigenvalue weighted by atomic mass is 9.98. The molecule has 2 saturated heterocycles. The van der Waals surface area contributed by atoms with Gasteiger partial charge in [-0.3, -0.25) is 19.4 Å². The molecule has 3 aromatic carbocycles. The lowest BCUT2D eigenvalue weighted by Gasteiger charge is -2.17. The number of pyridine rings is 1. The van der Waals surface area contributed by atoms with Gasteiger partial charge < -0.3 is 15.3 Å². The van der Waals surface area contributed by atoms with Gasteiger partial charge in [0.15, 0.2) is 0 Å². The molecule has 17 heteroatoms. The van der Waals surface area contributed by atoms with Crippen molar-refractivity contribution < 1.29 is 46.5 Å². The van der Waals surface area contributed by atoms with E-state index in [2.05, 4.69) is 4.98 Å². The number of hydrogen-bond donors (Lipinski definition) is 5. The monoisotopic (exact) mass is 695 g/mol. The smallest absolute Gasteiger partial charge is 0.326 e. The van der Waals surface area contributed by atoms with Gasteiger partial charge >= 0.3 is 20.4 Å². The van der Waals surface area contributed by atoms with Gasteiger partial charge in [-0.15, -0.1) is 0 Å². The average Bonchev–Trinajstić information content (AvgIpc) is 3.48. The molecule has 0 aliphatic carbocycles. The zero-order valence-electron chi connectivity index (χ0n) is 25.0. The van der Waals surface area contributed by atoms with Crippen molar-refractivity contribution in [3.05, 3.63) is 113 Å². The van der Waals surface area contributed by atoms with E-state index >= 15 is 0 Å². The van der Waals surface area contributed by atoms with E-state index < -0.39 is 50.3 Å². The van der Waals surface area contributed by atoms with Crippen molar-refractivity contribution in [2.24, 2.45) is 0 Å². The Balaban J connectivity index is 0.000000188. The number of hydrogen-bond acceptors (Lipinski definition) is 11. The van der Waals surface area contributed by atoms with E-state index in [0.29, 0.717) is 12.8 Å². The van der Waals surface area contributed by atoms with Gasteiger partial charge in [0.25, 0.3) is 11.8 Å². The van der Waals surface area contributed by atoms with Gasteiger partial charge in [0.1, 0.15) is 30.3 Å². The number of phenolic OH excluding ortho intramolecular Hbond substituents is 2. The van der Waals surface area contributed by atoms with Crippen LogP contribution >= 0.6 is 0 Å². The summed E-state index contributed by atoms with van der Waals surface area (Å²) in [6.07, 6.45) is 2.55. The predicted octanol–water partition coefficient (Wildman–Crippen LogP) is 0.898. The summed E-state index contributed by atoms with van der Waals surface area (Å²) in [6, 6.07) is 21.0. The number of phenols is 2. The minimum Gasteiger partial charge on any atom is -0.506 e. The highest BCUT2D eigenvalue weighted by atomic mass is 32.2. The fourth-order valence-corrected chi connectivity index (χ4v) is 7.37. The van der Waals surface area contributed by atoms with Crippen molar-refractivity contribution in [3.8, 4) is 11.5 Å². The lowest BCUT2D eigenvalue weighted by molar-refractivity contribution is -0.118. The molecule has 1 aromatic heterocycles. The Labute approximate surface area is 275 Å². The quantitative estimate of drug-likeness (QED) is 0.163. The number of nitrogens with one attached hydrogen (secondary N) is 2. The fraction of sp³-hybridized carbons (Fsp3) is 0.161. The fourth-order valence-electron chi connectivity index (χ4n) is 5.05. The van der Waals surface area contributed by atoms with Crippen LogP contribution in [0.3, 0.4) is 0 Å². The molecule has 0 radical (unpaired) electrons. The molecule has 0 atom stereocenters. The van der Waals surface area contributed by atoms with Crippen LogP contribution in [0.2, 0.25) is 0 Å². The summed E-state index contributed by atoms with van der Waals surface area (Å²) in [5, 5.41) is 29.4. The minimum absolute atomic E-state index is 0.0506. The second-order valence-corrected chi connectivity index (χ2v) is 13.8. The summed E-state index contributed by atoms with van der Waals surface area (Å²) in [4.78, 5) is 38.7. The number of nitrogens with zero attached hydrogens (tertiary/aromatic N) is 3. The molecule has 2 amide bonds. The maximum Gasteiger partial charge on any atom is 0.326 e. The Kier molecular flexibility index (Phi) is 9.64. The van der Waals surface area contributed by atoms with Gasteiger partial charge in [-0.2, -0.15) is 16.8 Å². The number of aliphatic hydroxyl groups is 1. The molecule has 0 bridgehead atoms. The molecule has 4 aromatic rings. The van der Waals surface area contributed by atoms with Crippen LogP contribution in [0.15, 0.2) is 85.1 Å². The molecule has 15 nitrogen and oxygen atoms in total. The Morgan fingerprint density at radius 2 is 1.31 bits per heavy atom. The Morgan fingerprint density at radius 3 is 1.81 bits per heavy atom. The molecule has 250 valence electrons. The first-order valence-corrected chi connectivity index (χ1v) is 17.1. The van der Waals surface area contributed by atoms with Crippen molar-refractivity contribution in [2.75, 3.05) is 28.3 Å². The third-order valence-electron chi connectivity index (χ3n) is 7.25. The van der Waals surface area contributed by atoms with Gasteiger partial charge in [-0.25, -0.2) is 18.1 Å². The molecule has 3 heterocycles. The molecule has 2 aliphatic heterocycles. The summed E-state index contributed by atoms with van der Waals surface area (Å²) in [7, 11) is -7.97. The number of aliphatic hydroxyl groups excluding tert-OH is 1. The first-order chi connectivity index (χ1) is 22.8. The van der Waals surface area contributed by atoms with Crippen LogP contribution in [0.1, 0.15) is 32.7 Å². The third-order valence-corrected chi connectivity index (χ3v) is 10.0. The number of ketones is 1. The highest BCUT2D eigenvalue weighted by molar-refractivity contribution is 7.92. The van der Waals surface area contributed by atoms with E-state index in [1.807, 2.05) is 29.0 Å². The normalized spacial score (nSPS) is 16.1. The first kappa shape index (κ1) is 33.8. The maximum absolute atomic E-state index is 12.2. The number of anilines is 2. The Bertz CT molecular complexity index is 2110. The van der Waals surface area contributed by atoms with Crippen LogP contribution in [0, 0.1) is 0 Å². The van der Waals surface area contributed by atoms with Crippen LogP contribution in [0.4, 0.5) is 11.4 Å². The highest BCUT2D eigenvalue weighted by Gasteiger charge is 2.36. The van der Waals surface area contributed by atoms with E-state index in [4.69, 9.17) is 5.11 Å². The number of rotatable bonds is 8. The van der Waals surface area contributed by atoms with Gasteiger partial charge in [-0.05, 0) is 72.0 Å². The average molecular weight is 696 g/mol. The van der Waals surface area contributed by atoms with Gasteiger partial charge in [-0.1, -0.05) is 36.4 Å². The molecule has 2 fully saturated rings.